The van der Waals surface area contributed by atoms with Gasteiger partial charge in [0.1, 0.15) is 11.3 Å². The molecule has 0 spiro atoms. The molecule has 0 atom stereocenters. The molecule has 1 aromatic carbocycles. The van der Waals surface area contributed by atoms with Crippen molar-refractivity contribution in [3.8, 4) is 5.75 Å². The zero-order valence-electron chi connectivity index (χ0n) is 14.1. The van der Waals surface area contributed by atoms with E-state index in [0.29, 0.717) is 0 Å². The van der Waals surface area contributed by atoms with Crippen molar-refractivity contribution >= 4 is 11.9 Å². The predicted octanol–water partition coefficient (Wildman–Crippen LogP) is 4.37. The van der Waals surface area contributed by atoms with Crippen LogP contribution in [0.4, 0.5) is 0 Å². The Morgan fingerprint density at radius 3 is 2.41 bits per heavy atom. The van der Waals surface area contributed by atoms with E-state index in [9.17, 15) is 9.59 Å². The van der Waals surface area contributed by atoms with Gasteiger partial charge in [-0.15, -0.1) is 0 Å². The molecule has 22 heavy (non-hydrogen) atoms. The lowest BCUT2D eigenvalue weighted by Gasteiger charge is -2.22. The van der Waals surface area contributed by atoms with Gasteiger partial charge in [-0.2, -0.15) is 0 Å². The highest BCUT2D eigenvalue weighted by atomic mass is 16.6. The Morgan fingerprint density at radius 1 is 1.18 bits per heavy atom. The van der Waals surface area contributed by atoms with Crippen LogP contribution in [0.15, 0.2) is 24.3 Å². The fourth-order valence-electron chi connectivity index (χ4n) is 1.96. The molecule has 0 saturated heterocycles. The number of para-hydroxylation sites is 1. The van der Waals surface area contributed by atoms with Gasteiger partial charge in [0.2, 0.25) is 0 Å². The fourth-order valence-corrected chi connectivity index (χ4v) is 1.96. The lowest BCUT2D eigenvalue weighted by molar-refractivity contribution is -0.144. The van der Waals surface area contributed by atoms with Crippen LogP contribution in [0.25, 0.3) is 0 Å². The van der Waals surface area contributed by atoms with Crippen LogP contribution in [0.1, 0.15) is 64.2 Å². The van der Waals surface area contributed by atoms with Gasteiger partial charge in [0.05, 0.1) is 11.5 Å². The summed E-state index contributed by atoms with van der Waals surface area (Å²) in [5.74, 6) is -0.557. The maximum Gasteiger partial charge on any atom is 0.342 e. The van der Waals surface area contributed by atoms with E-state index in [-0.39, 0.29) is 23.4 Å². The third-order valence-corrected chi connectivity index (χ3v) is 3.36. The highest BCUT2D eigenvalue weighted by Crippen LogP contribution is 2.28. The number of rotatable bonds is 7. The number of esters is 2. The molecule has 0 aliphatic carbocycles. The van der Waals surface area contributed by atoms with Crippen molar-refractivity contribution in [3.05, 3.63) is 29.8 Å². The van der Waals surface area contributed by atoms with Gasteiger partial charge < -0.3 is 9.47 Å². The largest absolute Gasteiger partial charge is 0.459 e. The molecule has 122 valence electrons. The quantitative estimate of drug-likeness (QED) is 0.554. The van der Waals surface area contributed by atoms with Crippen LogP contribution >= 0.6 is 0 Å². The van der Waals surface area contributed by atoms with Gasteiger partial charge in [-0.1, -0.05) is 31.9 Å². The first kappa shape index (κ1) is 18.2. The minimum atomic E-state index is -0.578. The van der Waals surface area contributed by atoms with E-state index in [1.165, 1.54) is 0 Å². The van der Waals surface area contributed by atoms with E-state index in [1.807, 2.05) is 13.8 Å². The third kappa shape index (κ3) is 5.17. The monoisotopic (exact) mass is 306 g/mol. The molecule has 0 unspecified atom stereocenters. The highest BCUT2D eigenvalue weighted by Gasteiger charge is 2.30. The molecule has 0 saturated carbocycles. The molecule has 0 N–H and O–H groups in total. The van der Waals surface area contributed by atoms with Crippen LogP contribution in [-0.2, 0) is 9.53 Å². The lowest BCUT2D eigenvalue weighted by atomic mass is 9.87. The molecule has 0 bridgehead atoms. The van der Waals surface area contributed by atoms with E-state index < -0.39 is 11.4 Å². The number of unbranched alkanes of at least 4 members (excludes halogenated alkanes) is 1. The molecule has 0 fully saturated rings. The van der Waals surface area contributed by atoms with Crippen LogP contribution in [0.3, 0.4) is 0 Å². The molecular weight excluding hydrogens is 280 g/mol. The highest BCUT2D eigenvalue weighted by molar-refractivity contribution is 5.93. The second kappa shape index (κ2) is 7.97. The van der Waals surface area contributed by atoms with Crippen molar-refractivity contribution in [1.82, 2.24) is 0 Å². The zero-order chi connectivity index (χ0) is 16.8. The molecule has 1 rings (SSSR count). The summed E-state index contributed by atoms with van der Waals surface area (Å²) >= 11 is 0. The summed E-state index contributed by atoms with van der Waals surface area (Å²) < 4.78 is 10.6. The summed E-state index contributed by atoms with van der Waals surface area (Å²) in [5, 5.41) is 0. The second-order valence-corrected chi connectivity index (χ2v) is 6.33. The summed E-state index contributed by atoms with van der Waals surface area (Å²) in [4.78, 5) is 24.4. The van der Waals surface area contributed by atoms with E-state index >= 15 is 0 Å². The van der Waals surface area contributed by atoms with Crippen LogP contribution in [0.5, 0.6) is 5.75 Å². The second-order valence-electron chi connectivity index (χ2n) is 6.33. The van der Waals surface area contributed by atoms with E-state index in [0.717, 1.165) is 19.3 Å². The summed E-state index contributed by atoms with van der Waals surface area (Å²) in [6.45, 7) is 9.36. The third-order valence-electron chi connectivity index (χ3n) is 3.36. The number of ether oxygens (including phenoxy) is 2. The Bertz CT molecular complexity index is 518. The molecule has 4 nitrogen and oxygen atoms in total. The minimum absolute atomic E-state index is 0.225. The Labute approximate surface area is 132 Å². The summed E-state index contributed by atoms with van der Waals surface area (Å²) in [7, 11) is 0. The first-order valence-electron chi connectivity index (χ1n) is 7.80. The molecule has 4 heteroatoms. The summed E-state index contributed by atoms with van der Waals surface area (Å²) in [5.41, 5.74) is -0.304. The molecule has 1 aromatic rings. The van der Waals surface area contributed by atoms with Gasteiger partial charge in [0.25, 0.3) is 0 Å². The van der Waals surface area contributed by atoms with E-state index in [1.54, 1.807) is 38.1 Å². The van der Waals surface area contributed by atoms with Crippen molar-refractivity contribution in [2.75, 3.05) is 0 Å². The van der Waals surface area contributed by atoms with E-state index in [2.05, 4.69) is 6.92 Å². The van der Waals surface area contributed by atoms with Crippen LogP contribution in [-0.4, -0.2) is 18.0 Å². The van der Waals surface area contributed by atoms with E-state index in [4.69, 9.17) is 9.47 Å². The smallest absolute Gasteiger partial charge is 0.342 e. The number of benzene rings is 1. The number of hydrogen-bond donors (Lipinski definition) is 0. The molecule has 0 aliphatic rings. The normalized spacial score (nSPS) is 11.4. The van der Waals surface area contributed by atoms with Crippen molar-refractivity contribution in [3.63, 3.8) is 0 Å². The standard InChI is InChI=1S/C18H26O4/c1-6-7-12-18(4,5)17(20)22-15-11-9-8-10-14(15)16(19)21-13(2)3/h8-11,13H,6-7,12H2,1-5H3. The first-order chi connectivity index (χ1) is 10.3. The maximum atomic E-state index is 12.4. The van der Waals surface area contributed by atoms with Crippen molar-refractivity contribution < 1.29 is 19.1 Å². The minimum Gasteiger partial charge on any atom is -0.459 e. The molecule has 0 heterocycles. The molecule has 0 radical (unpaired) electrons. The molecule has 0 aliphatic heterocycles. The number of hydrogen-bond acceptors (Lipinski definition) is 4. The van der Waals surface area contributed by atoms with Gasteiger partial charge in [0.15, 0.2) is 0 Å². The predicted molar refractivity (Wildman–Crippen MR) is 85.9 cm³/mol. The number of carbonyl (C=O) groups is 2. The van der Waals surface area contributed by atoms with Gasteiger partial charge in [-0.3, -0.25) is 4.79 Å². The lowest BCUT2D eigenvalue weighted by Crippen LogP contribution is -2.29. The van der Waals surface area contributed by atoms with Gasteiger partial charge in [-0.05, 0) is 46.2 Å². The Morgan fingerprint density at radius 2 is 1.82 bits per heavy atom. The Kier molecular flexibility index (Phi) is 6.60. The van der Waals surface area contributed by atoms with Crippen LogP contribution in [0, 0.1) is 5.41 Å². The van der Waals surface area contributed by atoms with Crippen molar-refractivity contribution in [2.24, 2.45) is 5.41 Å². The SMILES string of the molecule is CCCCC(C)(C)C(=O)Oc1ccccc1C(=O)OC(C)C. The number of carbonyl (C=O) groups excluding carboxylic acids is 2. The maximum absolute atomic E-state index is 12.4. The molecule has 0 amide bonds. The van der Waals surface area contributed by atoms with Crippen LogP contribution in [0.2, 0.25) is 0 Å². The van der Waals surface area contributed by atoms with Crippen molar-refractivity contribution in [2.45, 2.75) is 60.0 Å². The van der Waals surface area contributed by atoms with Gasteiger partial charge >= 0.3 is 11.9 Å². The van der Waals surface area contributed by atoms with Crippen molar-refractivity contribution in [1.29, 1.82) is 0 Å². The zero-order valence-corrected chi connectivity index (χ0v) is 14.1. The Hall–Kier alpha value is -1.84. The van der Waals surface area contributed by atoms with Gasteiger partial charge in [-0.25, -0.2) is 4.79 Å². The first-order valence-corrected chi connectivity index (χ1v) is 7.80. The fraction of sp³-hybridized carbons (Fsp3) is 0.556. The molecule has 0 aromatic heterocycles. The average molecular weight is 306 g/mol. The Balaban J connectivity index is 2.89. The van der Waals surface area contributed by atoms with Crippen LogP contribution < -0.4 is 4.74 Å². The average Bonchev–Trinajstić information content (AvgIpc) is 2.44. The topological polar surface area (TPSA) is 52.6 Å². The summed E-state index contributed by atoms with van der Waals surface area (Å²) in [6, 6.07) is 6.67. The summed E-state index contributed by atoms with van der Waals surface area (Å²) in [6.07, 6.45) is 2.51. The van der Waals surface area contributed by atoms with Gasteiger partial charge in [0, 0.05) is 0 Å². The molecular formula is C18H26O4.